The van der Waals surface area contributed by atoms with E-state index in [4.69, 9.17) is 16.7 Å². The van der Waals surface area contributed by atoms with Crippen LogP contribution >= 0.6 is 11.6 Å². The Bertz CT molecular complexity index is 1390. The van der Waals surface area contributed by atoms with Gasteiger partial charge in [0.15, 0.2) is 0 Å². The van der Waals surface area contributed by atoms with E-state index in [2.05, 4.69) is 0 Å². The Morgan fingerprint density at radius 2 is 1.98 bits per heavy atom. The van der Waals surface area contributed by atoms with E-state index in [1.165, 1.54) is 12.1 Å². The molecule has 1 aromatic carbocycles. The Morgan fingerprint density at radius 3 is 2.55 bits per heavy atom. The number of nitrogens with zero attached hydrogens (tertiary/aromatic N) is 4. The molecule has 2 fully saturated rings. The van der Waals surface area contributed by atoms with E-state index in [0.29, 0.717) is 43.2 Å². The molecule has 1 aromatic heterocycles. The second-order valence-electron chi connectivity index (χ2n) is 10.7. The molecule has 4 unspecified atom stereocenters. The summed E-state index contributed by atoms with van der Waals surface area (Å²) in [5, 5.41) is 6.99. The number of aromatic nitrogens is 1. The number of pyridine rings is 1. The molecular weight excluding hydrogens is 559 g/mol. The number of aliphatic hydroxyl groups is 1. The molecule has 2 heterocycles. The number of fused-ring (bicyclic) bond motifs is 4. The first kappa shape index (κ1) is 30.4. The zero-order valence-corrected chi connectivity index (χ0v) is 24.8. The normalized spacial score (nSPS) is 23.1. The number of amides is 2. The summed E-state index contributed by atoms with van der Waals surface area (Å²) < 4.78 is 28.9. The molecule has 0 radical (unpaired) electrons. The van der Waals surface area contributed by atoms with Crippen molar-refractivity contribution in [1.29, 1.82) is 0 Å². The van der Waals surface area contributed by atoms with Crippen LogP contribution in [-0.4, -0.2) is 80.4 Å². The molecular formula is C28H36ClFN4O5S. The van der Waals surface area contributed by atoms with Crippen molar-refractivity contribution in [2.75, 3.05) is 40.0 Å². The van der Waals surface area contributed by atoms with Gasteiger partial charge in [-0.1, -0.05) is 17.7 Å². The van der Waals surface area contributed by atoms with Crippen LogP contribution in [0.4, 0.5) is 4.39 Å². The minimum absolute atomic E-state index is 0.00655. The molecule has 4 atom stereocenters. The van der Waals surface area contributed by atoms with Crippen LogP contribution in [0.2, 0.25) is 5.02 Å². The predicted octanol–water partition coefficient (Wildman–Crippen LogP) is 2.52. The largest absolute Gasteiger partial charge is 0.400 e. The number of halogens is 2. The molecule has 40 heavy (non-hydrogen) atoms. The number of hydrogen-bond acceptors (Lipinski definition) is 5. The van der Waals surface area contributed by atoms with Crippen molar-refractivity contribution >= 4 is 34.9 Å². The van der Waals surface area contributed by atoms with Gasteiger partial charge in [-0.3, -0.25) is 19.0 Å². The fraction of sp³-hybridized carbons (Fsp3) is 0.536. The molecule has 3 aliphatic rings. The van der Waals surface area contributed by atoms with Crippen LogP contribution in [0.5, 0.6) is 0 Å². The summed E-state index contributed by atoms with van der Waals surface area (Å²) in [6, 6.07) is 5.95. The summed E-state index contributed by atoms with van der Waals surface area (Å²) in [4.78, 5) is 42.8. The molecule has 1 aliphatic heterocycles. The molecule has 2 amide bonds. The van der Waals surface area contributed by atoms with Crippen molar-refractivity contribution in [3.8, 4) is 0 Å². The summed E-state index contributed by atoms with van der Waals surface area (Å²) >= 11 is 5.90. The number of hydrogen-bond donors (Lipinski definition) is 1. The van der Waals surface area contributed by atoms with Crippen LogP contribution in [0.3, 0.4) is 0 Å². The second-order valence-corrected chi connectivity index (χ2v) is 12.5. The third kappa shape index (κ3) is 5.36. The highest BCUT2D eigenvalue weighted by molar-refractivity contribution is 7.81. The third-order valence-electron chi connectivity index (χ3n) is 8.49. The van der Waals surface area contributed by atoms with Crippen molar-refractivity contribution in [2.45, 2.75) is 44.8 Å². The lowest BCUT2D eigenvalue weighted by atomic mass is 10.0. The van der Waals surface area contributed by atoms with Gasteiger partial charge in [0.2, 0.25) is 6.41 Å². The summed E-state index contributed by atoms with van der Waals surface area (Å²) in [7, 11) is 1.59. The monoisotopic (exact) mass is 594 g/mol. The number of aliphatic hydroxyl groups excluding tert-OH is 1. The topological polar surface area (TPSA) is 103 Å². The van der Waals surface area contributed by atoms with Crippen molar-refractivity contribution in [2.24, 2.45) is 11.8 Å². The van der Waals surface area contributed by atoms with Gasteiger partial charge in [-0.15, -0.1) is 0 Å². The molecule has 5 rings (SSSR count). The fourth-order valence-corrected chi connectivity index (χ4v) is 6.95. The van der Waals surface area contributed by atoms with E-state index >= 15 is 0 Å². The Hall–Kier alpha value is -2.60. The first-order chi connectivity index (χ1) is 19.1. The smallest absolute Gasteiger partial charge is 0.272 e. The molecule has 0 saturated heterocycles. The maximum atomic E-state index is 14.0. The van der Waals surface area contributed by atoms with Gasteiger partial charge in [-0.25, -0.2) is 12.9 Å². The number of rotatable bonds is 10. The van der Waals surface area contributed by atoms with Gasteiger partial charge in [0.05, 0.1) is 16.0 Å². The average Bonchev–Trinajstić information content (AvgIpc) is 3.57. The fourth-order valence-electron chi connectivity index (χ4n) is 6.41. The van der Waals surface area contributed by atoms with Gasteiger partial charge in [0.1, 0.15) is 17.2 Å². The van der Waals surface area contributed by atoms with Crippen LogP contribution in [0.25, 0.3) is 0 Å². The Morgan fingerprint density at radius 1 is 1.25 bits per heavy atom. The van der Waals surface area contributed by atoms with Crippen molar-refractivity contribution in [3.63, 3.8) is 0 Å². The average molecular weight is 595 g/mol. The number of carbonyl (C=O) groups is 2. The van der Waals surface area contributed by atoms with Gasteiger partial charge in [-0.2, -0.15) is 0 Å². The van der Waals surface area contributed by atoms with Gasteiger partial charge < -0.3 is 14.9 Å². The Kier molecular flexibility index (Phi) is 9.18. The maximum Gasteiger partial charge on any atom is 0.272 e. The van der Waals surface area contributed by atoms with Gasteiger partial charge in [-0.05, 0) is 74.4 Å². The molecule has 2 aliphatic carbocycles. The number of carbonyl (C=O) groups excluding carboxylic acids is 2. The van der Waals surface area contributed by atoms with Gasteiger partial charge in [0, 0.05) is 51.5 Å². The van der Waals surface area contributed by atoms with Crippen molar-refractivity contribution < 1.29 is 23.3 Å². The second kappa shape index (κ2) is 12.1. The number of benzene rings is 1. The van der Waals surface area contributed by atoms with E-state index in [1.54, 1.807) is 39.2 Å². The summed E-state index contributed by atoms with van der Waals surface area (Å²) in [6.45, 7) is 3.20. The quantitative estimate of drug-likeness (QED) is 0.426. The van der Waals surface area contributed by atoms with E-state index < -0.39 is 22.5 Å². The lowest BCUT2D eigenvalue weighted by Gasteiger charge is -2.38. The van der Waals surface area contributed by atoms with E-state index in [1.807, 2.05) is 11.8 Å². The molecule has 12 heteroatoms. The van der Waals surface area contributed by atoms with E-state index in [9.17, 15) is 23.0 Å². The van der Waals surface area contributed by atoms with Gasteiger partial charge in [0.25, 0.3) is 11.5 Å². The predicted molar refractivity (Wildman–Crippen MR) is 152 cm³/mol. The zero-order chi connectivity index (χ0) is 29.4. The minimum Gasteiger partial charge on any atom is -0.400 e. The lowest BCUT2D eigenvalue weighted by molar-refractivity contribution is -0.118. The first-order valence-electron chi connectivity index (χ1n) is 13.3. The third-order valence-corrected chi connectivity index (χ3v) is 9.84. The van der Waals surface area contributed by atoms with Crippen LogP contribution < -0.4 is 5.56 Å². The van der Waals surface area contributed by atoms with Crippen molar-refractivity contribution in [1.82, 2.24) is 18.7 Å². The molecule has 218 valence electrons. The molecule has 1 spiro atoms. The summed E-state index contributed by atoms with van der Waals surface area (Å²) in [6.07, 6.45) is 5.41. The zero-order valence-electron chi connectivity index (χ0n) is 23.2. The maximum absolute atomic E-state index is 14.0. The lowest BCUT2D eigenvalue weighted by Crippen LogP contribution is -2.52. The highest BCUT2D eigenvalue weighted by Crippen LogP contribution is 2.63. The molecule has 0 bridgehead atoms. The Balaban J connectivity index is 0.00000181. The molecule has 2 saturated carbocycles. The van der Waals surface area contributed by atoms with Crippen LogP contribution in [0, 0.1) is 24.6 Å². The minimum atomic E-state index is -1.17. The number of aryl methyl sites for hydroxylation is 1. The van der Waals surface area contributed by atoms with Crippen molar-refractivity contribution in [3.05, 3.63) is 67.8 Å². The van der Waals surface area contributed by atoms with Crippen LogP contribution in [-0.2, 0) is 34.4 Å². The highest BCUT2D eigenvalue weighted by Gasteiger charge is 2.66. The molecule has 2 aromatic rings. The van der Waals surface area contributed by atoms with Gasteiger partial charge >= 0.3 is 0 Å². The summed E-state index contributed by atoms with van der Waals surface area (Å²) in [5.74, 6) is 0.0610. The van der Waals surface area contributed by atoms with Crippen LogP contribution in [0.15, 0.2) is 29.1 Å². The standard InChI is InChI=1S/C27H32ClFN4O4S.CH4O/c1-17-12-24(35)33-25(20(17)7-9-31(16-34)15-18-4-5-23(29)22(28)13-18)26(36)32(11-10-30(2)38(3)37)27(33)8-6-19-14-21(19)27;1-2/h4-5,12-13,16,19,21H,6-11,14-15H2,1-3H3;2H,1H3. The molecule has 1 N–H and O–H groups in total. The summed E-state index contributed by atoms with van der Waals surface area (Å²) in [5.41, 5.74) is 1.74. The van der Waals surface area contributed by atoms with E-state index in [0.717, 1.165) is 43.9 Å². The highest BCUT2D eigenvalue weighted by atomic mass is 35.5. The Labute approximate surface area is 241 Å². The first-order valence-corrected chi connectivity index (χ1v) is 15.2. The van der Waals surface area contributed by atoms with E-state index in [-0.39, 0.29) is 29.0 Å². The SMILES string of the molecule is CO.Cc1cc(=O)n2c(c1CCN(C=O)Cc1ccc(F)c(Cl)c1)C(=O)N(CCN(C)S(C)=O)C21CCC2CC21. The van der Waals surface area contributed by atoms with Crippen LogP contribution in [0.1, 0.15) is 46.4 Å². The molecule has 9 nitrogen and oxygen atoms in total. The number of likely N-dealkylation sites (N-methyl/N-ethyl adjacent to an activating group) is 1.